The third-order valence-electron chi connectivity index (χ3n) is 5.26. The molecule has 0 N–H and O–H groups in total. The van der Waals surface area contributed by atoms with Gasteiger partial charge in [-0.15, -0.1) is 0 Å². The van der Waals surface area contributed by atoms with E-state index in [4.69, 9.17) is 10.00 Å². The van der Waals surface area contributed by atoms with Crippen LogP contribution in [0.2, 0.25) is 0 Å². The van der Waals surface area contributed by atoms with Crippen molar-refractivity contribution in [1.82, 2.24) is 0 Å². The lowest BCUT2D eigenvalue weighted by molar-refractivity contribution is -0.137. The van der Waals surface area contributed by atoms with Gasteiger partial charge in [-0.2, -0.15) is 18.4 Å². The van der Waals surface area contributed by atoms with Gasteiger partial charge in [0.05, 0.1) is 29.8 Å². The van der Waals surface area contributed by atoms with E-state index in [-0.39, 0.29) is 12.0 Å². The first-order chi connectivity index (χ1) is 13.4. The molecule has 2 atom stereocenters. The van der Waals surface area contributed by atoms with Crippen LogP contribution in [0.5, 0.6) is 0 Å². The maximum Gasteiger partial charge on any atom is 0.416 e. The molecule has 2 unspecified atom stereocenters. The Morgan fingerprint density at radius 2 is 1.75 bits per heavy atom. The normalized spacial score (nSPS) is 20.0. The summed E-state index contributed by atoms with van der Waals surface area (Å²) in [6, 6.07) is 15.2. The van der Waals surface area contributed by atoms with Crippen LogP contribution < -0.4 is 4.90 Å². The zero-order valence-electron chi connectivity index (χ0n) is 15.7. The monoisotopic (exact) mass is 388 g/mol. The molecule has 1 aliphatic heterocycles. The van der Waals surface area contributed by atoms with Crippen LogP contribution in [-0.4, -0.2) is 25.8 Å². The average molecular weight is 388 g/mol. The third kappa shape index (κ3) is 4.66. The summed E-state index contributed by atoms with van der Waals surface area (Å²) in [4.78, 5) is 2.25. The molecule has 1 saturated heterocycles. The number of nitrogens with zero attached hydrogens (tertiary/aromatic N) is 2. The number of hydrogen-bond acceptors (Lipinski definition) is 3. The predicted molar refractivity (Wildman–Crippen MR) is 102 cm³/mol. The number of benzene rings is 2. The molecule has 6 heteroatoms. The fourth-order valence-electron chi connectivity index (χ4n) is 3.71. The van der Waals surface area contributed by atoms with Gasteiger partial charge in [0, 0.05) is 24.8 Å². The minimum absolute atomic E-state index is 0.149. The molecule has 0 aromatic heterocycles. The molecule has 1 heterocycles. The highest BCUT2D eigenvalue weighted by Crippen LogP contribution is 2.35. The van der Waals surface area contributed by atoms with Crippen molar-refractivity contribution >= 4 is 5.69 Å². The molecular weight excluding hydrogens is 365 g/mol. The van der Waals surface area contributed by atoms with Crippen molar-refractivity contribution in [2.45, 2.75) is 37.9 Å². The summed E-state index contributed by atoms with van der Waals surface area (Å²) in [5.41, 5.74) is 1.90. The van der Waals surface area contributed by atoms with Crippen LogP contribution in [0.25, 0.3) is 0 Å². The fraction of sp³-hybridized carbons (Fsp3) is 0.409. The number of alkyl halides is 3. The van der Waals surface area contributed by atoms with Crippen LogP contribution in [-0.2, 0) is 10.9 Å². The molecular formula is C22H23F3N2O. The molecule has 0 aliphatic carbocycles. The molecule has 1 aliphatic rings. The van der Waals surface area contributed by atoms with Crippen molar-refractivity contribution in [3.63, 3.8) is 0 Å². The third-order valence-corrected chi connectivity index (χ3v) is 5.26. The highest BCUT2D eigenvalue weighted by atomic mass is 19.4. The molecule has 1 fully saturated rings. The SMILES string of the molecule is CCOCC1CCC(c2ccc(C(F)(F)F)cc2)CN1c1ccc(C#N)cc1. The van der Waals surface area contributed by atoms with E-state index in [9.17, 15) is 13.2 Å². The second-order valence-electron chi connectivity index (χ2n) is 7.02. The Bertz CT molecular complexity index is 810. The maximum atomic E-state index is 12.8. The van der Waals surface area contributed by atoms with Gasteiger partial charge in [-0.1, -0.05) is 12.1 Å². The molecule has 2 aromatic carbocycles. The van der Waals surface area contributed by atoms with Gasteiger partial charge in [0.25, 0.3) is 0 Å². The Morgan fingerprint density at radius 3 is 2.32 bits per heavy atom. The van der Waals surface area contributed by atoms with Crippen molar-refractivity contribution in [3.05, 3.63) is 65.2 Å². The second-order valence-corrected chi connectivity index (χ2v) is 7.02. The molecule has 0 bridgehead atoms. The average Bonchev–Trinajstić information content (AvgIpc) is 2.72. The van der Waals surface area contributed by atoms with Crippen LogP contribution in [0.15, 0.2) is 48.5 Å². The van der Waals surface area contributed by atoms with E-state index in [2.05, 4.69) is 11.0 Å². The number of anilines is 1. The summed E-state index contributed by atoms with van der Waals surface area (Å²) in [5.74, 6) is 0.149. The smallest absolute Gasteiger partial charge is 0.380 e. The van der Waals surface area contributed by atoms with Crippen LogP contribution >= 0.6 is 0 Å². The van der Waals surface area contributed by atoms with Gasteiger partial charge in [0.2, 0.25) is 0 Å². The molecule has 28 heavy (non-hydrogen) atoms. The summed E-state index contributed by atoms with van der Waals surface area (Å²) >= 11 is 0. The standard InChI is InChI=1S/C22H23F3N2O/c1-2-28-15-21-12-7-18(17-5-8-19(9-6-17)22(23,24)25)14-27(21)20-10-3-16(13-26)4-11-20/h3-6,8-11,18,21H,2,7,12,14-15H2,1H3. The number of halogens is 3. The van der Waals surface area contributed by atoms with Crippen LogP contribution in [0, 0.1) is 11.3 Å². The Balaban J connectivity index is 1.81. The van der Waals surface area contributed by atoms with E-state index in [1.807, 2.05) is 19.1 Å². The Hall–Kier alpha value is -2.52. The zero-order valence-corrected chi connectivity index (χ0v) is 15.7. The molecule has 0 amide bonds. The van der Waals surface area contributed by atoms with Crippen molar-refractivity contribution in [3.8, 4) is 6.07 Å². The van der Waals surface area contributed by atoms with Gasteiger partial charge in [-0.3, -0.25) is 0 Å². The Morgan fingerprint density at radius 1 is 1.07 bits per heavy atom. The van der Waals surface area contributed by atoms with Gasteiger partial charge in [0.15, 0.2) is 0 Å². The number of rotatable bonds is 5. The molecule has 148 valence electrons. The molecule has 0 radical (unpaired) electrons. The highest BCUT2D eigenvalue weighted by Gasteiger charge is 2.32. The maximum absolute atomic E-state index is 12.8. The topological polar surface area (TPSA) is 36.3 Å². The van der Waals surface area contributed by atoms with Crippen molar-refractivity contribution < 1.29 is 17.9 Å². The van der Waals surface area contributed by atoms with Crippen LogP contribution in [0.3, 0.4) is 0 Å². The largest absolute Gasteiger partial charge is 0.416 e. The first-order valence-corrected chi connectivity index (χ1v) is 9.44. The molecule has 3 nitrogen and oxygen atoms in total. The van der Waals surface area contributed by atoms with E-state index in [0.29, 0.717) is 25.3 Å². The van der Waals surface area contributed by atoms with Gasteiger partial charge >= 0.3 is 6.18 Å². The van der Waals surface area contributed by atoms with E-state index in [0.717, 1.165) is 36.2 Å². The van der Waals surface area contributed by atoms with E-state index in [1.54, 1.807) is 24.3 Å². The molecule has 2 aromatic rings. The number of piperidine rings is 1. The number of hydrogen-bond donors (Lipinski definition) is 0. The number of ether oxygens (including phenoxy) is 1. The van der Waals surface area contributed by atoms with Gasteiger partial charge in [0.1, 0.15) is 0 Å². The fourth-order valence-corrected chi connectivity index (χ4v) is 3.71. The Kier molecular flexibility index (Phi) is 6.25. The van der Waals surface area contributed by atoms with Crippen molar-refractivity contribution in [2.24, 2.45) is 0 Å². The lowest BCUT2D eigenvalue weighted by atomic mass is 9.86. The van der Waals surface area contributed by atoms with E-state index < -0.39 is 11.7 Å². The van der Waals surface area contributed by atoms with Crippen molar-refractivity contribution in [1.29, 1.82) is 5.26 Å². The summed E-state index contributed by atoms with van der Waals surface area (Å²) in [6.45, 7) is 3.91. The van der Waals surface area contributed by atoms with Crippen LogP contribution in [0.4, 0.5) is 18.9 Å². The first kappa shape index (κ1) is 20.2. The Labute approximate surface area is 163 Å². The quantitative estimate of drug-likeness (QED) is 0.691. The van der Waals surface area contributed by atoms with E-state index >= 15 is 0 Å². The minimum atomic E-state index is -4.32. The van der Waals surface area contributed by atoms with Gasteiger partial charge in [-0.05, 0) is 61.7 Å². The lowest BCUT2D eigenvalue weighted by Gasteiger charge is -2.41. The van der Waals surface area contributed by atoms with Crippen LogP contribution in [0.1, 0.15) is 42.4 Å². The van der Waals surface area contributed by atoms with Gasteiger partial charge < -0.3 is 9.64 Å². The summed E-state index contributed by atoms with van der Waals surface area (Å²) in [5, 5.41) is 9.01. The number of nitriles is 1. The second kappa shape index (κ2) is 8.66. The van der Waals surface area contributed by atoms with Crippen molar-refractivity contribution in [2.75, 3.05) is 24.7 Å². The molecule has 0 spiro atoms. The lowest BCUT2D eigenvalue weighted by Crippen LogP contribution is -2.45. The minimum Gasteiger partial charge on any atom is -0.380 e. The van der Waals surface area contributed by atoms with E-state index in [1.165, 1.54) is 0 Å². The first-order valence-electron chi connectivity index (χ1n) is 9.44. The highest BCUT2D eigenvalue weighted by molar-refractivity contribution is 5.51. The zero-order chi connectivity index (χ0) is 20.1. The molecule has 0 saturated carbocycles. The summed E-state index contributed by atoms with van der Waals surface area (Å²) < 4.78 is 44.1. The predicted octanol–water partition coefficient (Wildman–Crippen LogP) is 5.37. The summed E-state index contributed by atoms with van der Waals surface area (Å²) in [6.07, 6.45) is -2.52. The summed E-state index contributed by atoms with van der Waals surface area (Å²) in [7, 11) is 0. The molecule has 3 rings (SSSR count). The van der Waals surface area contributed by atoms with Gasteiger partial charge in [-0.25, -0.2) is 0 Å².